The molecular formula is C10H12BrClFN. The van der Waals surface area contributed by atoms with Crippen molar-refractivity contribution in [3.05, 3.63) is 34.1 Å². The summed E-state index contributed by atoms with van der Waals surface area (Å²) in [6.45, 7) is 2.47. The Morgan fingerprint density at radius 3 is 2.86 bits per heavy atom. The maximum Gasteiger partial charge on any atom is 0.128 e. The summed E-state index contributed by atoms with van der Waals surface area (Å²) in [4.78, 5) is 0. The van der Waals surface area contributed by atoms with Crippen molar-refractivity contribution in [1.29, 1.82) is 0 Å². The van der Waals surface area contributed by atoms with Gasteiger partial charge in [-0.3, -0.25) is 0 Å². The Kier molecular flexibility index (Phi) is 4.85. The summed E-state index contributed by atoms with van der Waals surface area (Å²) in [6, 6.07) is 5.24. The predicted octanol–water partition coefficient (Wildman–Crippen LogP) is 3.31. The van der Waals surface area contributed by atoms with Crippen LogP contribution in [0.5, 0.6) is 0 Å². The molecule has 1 unspecified atom stereocenters. The number of halogens is 3. The fourth-order valence-corrected chi connectivity index (χ4v) is 1.45. The highest BCUT2D eigenvalue weighted by molar-refractivity contribution is 9.10. The standard InChI is InChI=1S/C10H12BrClFN/c1-7(5-12)14-6-8-2-3-9(11)4-10(8)13/h2-4,7,14H,5-6H2,1H3. The van der Waals surface area contributed by atoms with E-state index >= 15 is 0 Å². The Hall–Kier alpha value is -0.120. The Morgan fingerprint density at radius 1 is 1.57 bits per heavy atom. The normalized spacial score (nSPS) is 12.9. The van der Waals surface area contributed by atoms with Gasteiger partial charge in [0.2, 0.25) is 0 Å². The predicted molar refractivity (Wildman–Crippen MR) is 61.1 cm³/mol. The number of hydrogen-bond acceptors (Lipinski definition) is 1. The number of hydrogen-bond donors (Lipinski definition) is 1. The van der Waals surface area contributed by atoms with Crippen LogP contribution in [-0.4, -0.2) is 11.9 Å². The van der Waals surface area contributed by atoms with Gasteiger partial charge in [-0.25, -0.2) is 4.39 Å². The maximum atomic E-state index is 13.3. The first-order chi connectivity index (χ1) is 6.63. The SMILES string of the molecule is CC(CCl)NCc1ccc(Br)cc1F. The third-order valence-electron chi connectivity index (χ3n) is 1.89. The number of alkyl halides is 1. The van der Waals surface area contributed by atoms with Crippen LogP contribution in [-0.2, 0) is 6.54 Å². The van der Waals surface area contributed by atoms with Gasteiger partial charge < -0.3 is 5.32 Å². The second kappa shape index (κ2) is 5.69. The van der Waals surface area contributed by atoms with Gasteiger partial charge in [0.25, 0.3) is 0 Å². The molecule has 0 fully saturated rings. The zero-order valence-corrected chi connectivity index (χ0v) is 10.2. The fraction of sp³-hybridized carbons (Fsp3) is 0.400. The Bertz CT molecular complexity index is 306. The summed E-state index contributed by atoms with van der Waals surface area (Å²) >= 11 is 8.83. The van der Waals surface area contributed by atoms with Crippen LogP contribution in [0.2, 0.25) is 0 Å². The molecule has 1 rings (SSSR count). The lowest BCUT2D eigenvalue weighted by atomic mass is 10.2. The van der Waals surface area contributed by atoms with E-state index in [0.717, 1.165) is 4.47 Å². The van der Waals surface area contributed by atoms with Crippen molar-refractivity contribution in [3.63, 3.8) is 0 Å². The minimum absolute atomic E-state index is 0.194. The largest absolute Gasteiger partial charge is 0.309 e. The topological polar surface area (TPSA) is 12.0 Å². The lowest BCUT2D eigenvalue weighted by Gasteiger charge is -2.10. The lowest BCUT2D eigenvalue weighted by molar-refractivity contribution is 0.555. The molecule has 78 valence electrons. The first-order valence-electron chi connectivity index (χ1n) is 4.36. The zero-order valence-electron chi connectivity index (χ0n) is 7.86. The second-order valence-electron chi connectivity index (χ2n) is 3.17. The molecule has 0 aliphatic rings. The van der Waals surface area contributed by atoms with E-state index in [0.29, 0.717) is 18.0 Å². The van der Waals surface area contributed by atoms with Crippen LogP contribution in [0.15, 0.2) is 22.7 Å². The van der Waals surface area contributed by atoms with Gasteiger partial charge in [0.1, 0.15) is 5.82 Å². The lowest BCUT2D eigenvalue weighted by Crippen LogP contribution is -2.27. The molecule has 0 heterocycles. The van der Waals surface area contributed by atoms with E-state index in [-0.39, 0.29) is 11.9 Å². The van der Waals surface area contributed by atoms with Crippen molar-refractivity contribution in [2.24, 2.45) is 0 Å². The fourth-order valence-electron chi connectivity index (χ4n) is 1.00. The molecule has 1 N–H and O–H groups in total. The molecule has 0 aliphatic heterocycles. The summed E-state index contributed by atoms with van der Waals surface area (Å²) in [6.07, 6.45) is 0. The van der Waals surface area contributed by atoms with E-state index in [1.54, 1.807) is 6.07 Å². The van der Waals surface area contributed by atoms with Gasteiger partial charge in [-0.05, 0) is 19.1 Å². The van der Waals surface area contributed by atoms with E-state index in [1.807, 2.05) is 13.0 Å². The van der Waals surface area contributed by atoms with Crippen molar-refractivity contribution >= 4 is 27.5 Å². The summed E-state index contributed by atoms with van der Waals surface area (Å²) < 4.78 is 14.1. The molecule has 0 amide bonds. The molecule has 4 heteroatoms. The second-order valence-corrected chi connectivity index (χ2v) is 4.40. The highest BCUT2D eigenvalue weighted by Crippen LogP contribution is 2.15. The van der Waals surface area contributed by atoms with Crippen LogP contribution in [0.1, 0.15) is 12.5 Å². The van der Waals surface area contributed by atoms with Gasteiger partial charge in [-0.15, -0.1) is 11.6 Å². The summed E-state index contributed by atoms with van der Waals surface area (Å²) in [5, 5.41) is 3.12. The molecule has 14 heavy (non-hydrogen) atoms. The molecule has 0 aromatic heterocycles. The smallest absolute Gasteiger partial charge is 0.128 e. The third-order valence-corrected chi connectivity index (χ3v) is 2.84. The van der Waals surface area contributed by atoms with Crippen LogP contribution in [0, 0.1) is 5.82 Å². The van der Waals surface area contributed by atoms with Gasteiger partial charge in [-0.2, -0.15) is 0 Å². The van der Waals surface area contributed by atoms with Crippen LogP contribution < -0.4 is 5.32 Å². The van der Waals surface area contributed by atoms with Crippen molar-refractivity contribution < 1.29 is 4.39 Å². The molecule has 0 saturated carbocycles. The number of nitrogens with one attached hydrogen (secondary N) is 1. The Morgan fingerprint density at radius 2 is 2.29 bits per heavy atom. The molecule has 1 nitrogen and oxygen atoms in total. The van der Waals surface area contributed by atoms with Crippen LogP contribution in [0.25, 0.3) is 0 Å². The van der Waals surface area contributed by atoms with Crippen LogP contribution in [0.4, 0.5) is 4.39 Å². The Labute approximate surface area is 96.8 Å². The Balaban J connectivity index is 2.59. The molecule has 1 atom stereocenters. The molecule has 0 radical (unpaired) electrons. The van der Waals surface area contributed by atoms with E-state index in [9.17, 15) is 4.39 Å². The minimum atomic E-state index is -0.200. The average molecular weight is 281 g/mol. The first-order valence-corrected chi connectivity index (χ1v) is 5.69. The van der Waals surface area contributed by atoms with E-state index in [2.05, 4.69) is 21.2 Å². The highest BCUT2D eigenvalue weighted by Gasteiger charge is 2.04. The van der Waals surface area contributed by atoms with Crippen molar-refractivity contribution in [2.75, 3.05) is 5.88 Å². The average Bonchev–Trinajstić information content (AvgIpc) is 2.16. The van der Waals surface area contributed by atoms with Gasteiger partial charge in [0, 0.05) is 28.5 Å². The summed E-state index contributed by atoms with van der Waals surface area (Å²) in [5.74, 6) is 0.326. The number of benzene rings is 1. The van der Waals surface area contributed by atoms with E-state index in [4.69, 9.17) is 11.6 Å². The molecule has 0 aliphatic carbocycles. The van der Waals surface area contributed by atoms with E-state index in [1.165, 1.54) is 6.07 Å². The van der Waals surface area contributed by atoms with Crippen molar-refractivity contribution in [2.45, 2.75) is 19.5 Å². The molecular weight excluding hydrogens is 268 g/mol. The minimum Gasteiger partial charge on any atom is -0.309 e. The third kappa shape index (κ3) is 3.56. The summed E-state index contributed by atoms with van der Waals surface area (Å²) in [5.41, 5.74) is 0.658. The molecule has 0 saturated heterocycles. The molecule has 0 bridgehead atoms. The van der Waals surface area contributed by atoms with Crippen molar-refractivity contribution in [1.82, 2.24) is 5.32 Å². The first kappa shape index (κ1) is 12.0. The van der Waals surface area contributed by atoms with Gasteiger partial charge in [-0.1, -0.05) is 22.0 Å². The quantitative estimate of drug-likeness (QED) is 0.835. The van der Waals surface area contributed by atoms with Crippen molar-refractivity contribution in [3.8, 4) is 0 Å². The highest BCUT2D eigenvalue weighted by atomic mass is 79.9. The molecule has 1 aromatic rings. The molecule has 0 spiro atoms. The summed E-state index contributed by atoms with van der Waals surface area (Å²) in [7, 11) is 0. The van der Waals surface area contributed by atoms with E-state index < -0.39 is 0 Å². The molecule has 1 aromatic carbocycles. The van der Waals surface area contributed by atoms with Gasteiger partial charge >= 0.3 is 0 Å². The van der Waals surface area contributed by atoms with Crippen LogP contribution in [0.3, 0.4) is 0 Å². The maximum absolute atomic E-state index is 13.3. The van der Waals surface area contributed by atoms with Gasteiger partial charge in [0.15, 0.2) is 0 Å². The monoisotopic (exact) mass is 279 g/mol. The zero-order chi connectivity index (χ0) is 10.6. The number of rotatable bonds is 4. The van der Waals surface area contributed by atoms with Crippen LogP contribution >= 0.6 is 27.5 Å². The van der Waals surface area contributed by atoms with Gasteiger partial charge in [0.05, 0.1) is 0 Å².